The molecule has 0 saturated carbocycles. The van der Waals surface area contributed by atoms with Gasteiger partial charge in [0.1, 0.15) is 0 Å². The molecule has 1 aromatic carbocycles. The molecule has 1 aliphatic carbocycles. The molecule has 1 heteroatoms. The van der Waals surface area contributed by atoms with Crippen LogP contribution in [0.5, 0.6) is 0 Å². The number of terminal acetylenes is 1. The molecule has 0 spiro atoms. The Labute approximate surface area is 85.5 Å². The molecule has 1 aromatic rings. The van der Waals surface area contributed by atoms with Crippen molar-refractivity contribution in [3.63, 3.8) is 0 Å². The first kappa shape index (κ1) is 9.30. The zero-order valence-electron chi connectivity index (χ0n) is 8.51. The van der Waals surface area contributed by atoms with E-state index in [9.17, 15) is 0 Å². The lowest BCUT2D eigenvalue weighted by Gasteiger charge is -2.26. The summed E-state index contributed by atoms with van der Waals surface area (Å²) in [4.78, 5) is 0. The van der Waals surface area contributed by atoms with Crippen LogP contribution in [0.3, 0.4) is 0 Å². The van der Waals surface area contributed by atoms with E-state index in [0.717, 1.165) is 12.8 Å². The van der Waals surface area contributed by atoms with E-state index in [1.54, 1.807) is 0 Å². The second-order valence-electron chi connectivity index (χ2n) is 4.05. The molecule has 0 bridgehead atoms. The van der Waals surface area contributed by atoms with Crippen LogP contribution in [0, 0.1) is 12.3 Å². The number of aryl methyl sites for hydroxylation is 1. The molecule has 72 valence electrons. The predicted molar refractivity (Wildman–Crippen MR) is 59.0 cm³/mol. The van der Waals surface area contributed by atoms with Gasteiger partial charge in [-0.3, -0.25) is 5.32 Å². The van der Waals surface area contributed by atoms with E-state index in [1.807, 2.05) is 0 Å². The molecule has 0 saturated heterocycles. The second kappa shape index (κ2) is 3.48. The number of rotatable bonds is 2. The maximum absolute atomic E-state index is 5.27. The average Bonchev–Trinajstić information content (AvgIpc) is 2.55. The van der Waals surface area contributed by atoms with Crippen molar-refractivity contribution < 1.29 is 0 Å². The fourth-order valence-corrected chi connectivity index (χ4v) is 2.23. The molecule has 0 fully saturated rings. The molecule has 1 nitrogen and oxygen atoms in total. The third kappa shape index (κ3) is 1.42. The number of hydrogen-bond acceptors (Lipinski definition) is 1. The minimum atomic E-state index is 0.0863. The highest BCUT2D eigenvalue weighted by atomic mass is 15.0. The molecule has 1 N–H and O–H groups in total. The molecule has 0 aliphatic heterocycles. The molecule has 1 atom stereocenters. The van der Waals surface area contributed by atoms with Crippen LogP contribution in [-0.4, -0.2) is 6.54 Å². The fourth-order valence-electron chi connectivity index (χ4n) is 2.23. The maximum Gasteiger partial charge on any atom is 0.0580 e. The molecular formula is C13H15N. The van der Waals surface area contributed by atoms with Gasteiger partial charge in [0, 0.05) is 5.54 Å². The quantitative estimate of drug-likeness (QED) is 0.695. The van der Waals surface area contributed by atoms with E-state index in [2.05, 4.69) is 42.4 Å². The monoisotopic (exact) mass is 185 g/mol. The highest BCUT2D eigenvalue weighted by Crippen LogP contribution is 2.35. The zero-order chi connectivity index (χ0) is 10.0. The Balaban J connectivity index is 2.29. The Bertz CT molecular complexity index is 375. The van der Waals surface area contributed by atoms with Crippen LogP contribution in [-0.2, 0) is 12.0 Å². The predicted octanol–water partition coefficient (Wildman–Crippen LogP) is 2.07. The van der Waals surface area contributed by atoms with E-state index in [-0.39, 0.29) is 5.54 Å². The van der Waals surface area contributed by atoms with Crippen LogP contribution in [0.2, 0.25) is 0 Å². The van der Waals surface area contributed by atoms with E-state index in [1.165, 1.54) is 11.1 Å². The van der Waals surface area contributed by atoms with Crippen molar-refractivity contribution in [3.8, 4) is 12.3 Å². The third-order valence-corrected chi connectivity index (χ3v) is 3.09. The van der Waals surface area contributed by atoms with Crippen molar-refractivity contribution in [2.24, 2.45) is 0 Å². The molecule has 0 heterocycles. The van der Waals surface area contributed by atoms with E-state index < -0.39 is 0 Å². The van der Waals surface area contributed by atoms with Crippen LogP contribution < -0.4 is 5.32 Å². The van der Waals surface area contributed by atoms with Gasteiger partial charge in [0.05, 0.1) is 6.54 Å². The summed E-state index contributed by atoms with van der Waals surface area (Å²) >= 11 is 0. The van der Waals surface area contributed by atoms with Crippen molar-refractivity contribution >= 4 is 0 Å². The van der Waals surface area contributed by atoms with Crippen molar-refractivity contribution in [1.29, 1.82) is 0 Å². The molecule has 0 aromatic heterocycles. The lowest BCUT2D eigenvalue weighted by Crippen LogP contribution is -2.37. The summed E-state index contributed by atoms with van der Waals surface area (Å²) in [6.07, 6.45) is 7.58. The number of nitrogens with one attached hydrogen (secondary N) is 1. The van der Waals surface area contributed by atoms with Gasteiger partial charge < -0.3 is 0 Å². The largest absolute Gasteiger partial charge is 0.297 e. The van der Waals surface area contributed by atoms with Crippen LogP contribution in [0.15, 0.2) is 24.3 Å². The van der Waals surface area contributed by atoms with Crippen molar-refractivity contribution in [3.05, 3.63) is 35.4 Å². The van der Waals surface area contributed by atoms with Gasteiger partial charge in [-0.15, -0.1) is 6.42 Å². The Hall–Kier alpha value is -1.26. The van der Waals surface area contributed by atoms with Gasteiger partial charge in [0.15, 0.2) is 0 Å². The van der Waals surface area contributed by atoms with Gasteiger partial charge in [-0.1, -0.05) is 30.2 Å². The molecule has 1 aliphatic rings. The normalized spacial score (nSPS) is 24.3. The topological polar surface area (TPSA) is 12.0 Å². The lowest BCUT2D eigenvalue weighted by molar-refractivity contribution is 0.385. The van der Waals surface area contributed by atoms with Crippen LogP contribution in [0.25, 0.3) is 0 Å². The first-order valence-electron chi connectivity index (χ1n) is 5.03. The zero-order valence-corrected chi connectivity index (χ0v) is 8.51. The molecule has 2 rings (SSSR count). The summed E-state index contributed by atoms with van der Waals surface area (Å²) in [5.41, 5.74) is 2.96. The van der Waals surface area contributed by atoms with E-state index in [0.29, 0.717) is 6.54 Å². The highest BCUT2D eigenvalue weighted by molar-refractivity contribution is 5.38. The summed E-state index contributed by atoms with van der Waals surface area (Å²) < 4.78 is 0. The van der Waals surface area contributed by atoms with E-state index >= 15 is 0 Å². The van der Waals surface area contributed by atoms with Crippen molar-refractivity contribution in [2.45, 2.75) is 25.3 Å². The maximum atomic E-state index is 5.27. The van der Waals surface area contributed by atoms with Gasteiger partial charge in [0.25, 0.3) is 0 Å². The number of benzene rings is 1. The molecule has 0 radical (unpaired) electrons. The van der Waals surface area contributed by atoms with E-state index in [4.69, 9.17) is 6.42 Å². The smallest absolute Gasteiger partial charge is 0.0580 e. The first-order chi connectivity index (χ1) is 6.76. The average molecular weight is 185 g/mol. The summed E-state index contributed by atoms with van der Waals surface area (Å²) in [7, 11) is 0. The summed E-state index contributed by atoms with van der Waals surface area (Å²) in [5.74, 6) is 2.64. The Kier molecular flexibility index (Phi) is 2.31. The van der Waals surface area contributed by atoms with Gasteiger partial charge in [-0.2, -0.15) is 0 Å². The standard InChI is InChI=1S/C13H15N/c1-3-10-14-13(2)9-8-11-6-4-5-7-12(11)13/h1,4-7,14H,8-10H2,2H3/t13-/m1/s1. The molecule has 0 unspecified atom stereocenters. The number of hydrogen-bond donors (Lipinski definition) is 1. The SMILES string of the molecule is C#CCN[C@]1(C)CCc2ccccc21. The lowest BCUT2D eigenvalue weighted by atomic mass is 9.94. The minimum absolute atomic E-state index is 0.0863. The highest BCUT2D eigenvalue weighted by Gasteiger charge is 2.32. The molecular weight excluding hydrogens is 170 g/mol. The Morgan fingerprint density at radius 2 is 2.29 bits per heavy atom. The molecule has 14 heavy (non-hydrogen) atoms. The minimum Gasteiger partial charge on any atom is -0.297 e. The van der Waals surface area contributed by atoms with Crippen LogP contribution in [0.1, 0.15) is 24.5 Å². The second-order valence-corrected chi connectivity index (χ2v) is 4.05. The van der Waals surface area contributed by atoms with Crippen LogP contribution in [0.4, 0.5) is 0 Å². The summed E-state index contributed by atoms with van der Waals surface area (Å²) in [6.45, 7) is 2.88. The van der Waals surface area contributed by atoms with Gasteiger partial charge in [-0.25, -0.2) is 0 Å². The first-order valence-corrected chi connectivity index (χ1v) is 5.03. The van der Waals surface area contributed by atoms with Gasteiger partial charge in [-0.05, 0) is 30.9 Å². The van der Waals surface area contributed by atoms with Gasteiger partial charge >= 0.3 is 0 Å². The Morgan fingerprint density at radius 3 is 3.07 bits per heavy atom. The fraction of sp³-hybridized carbons (Fsp3) is 0.385. The summed E-state index contributed by atoms with van der Waals surface area (Å²) in [6, 6.07) is 8.61. The third-order valence-electron chi connectivity index (χ3n) is 3.09. The Morgan fingerprint density at radius 1 is 1.50 bits per heavy atom. The van der Waals surface area contributed by atoms with Gasteiger partial charge in [0.2, 0.25) is 0 Å². The van der Waals surface area contributed by atoms with Crippen molar-refractivity contribution in [2.75, 3.05) is 6.54 Å². The van der Waals surface area contributed by atoms with Crippen LogP contribution >= 0.6 is 0 Å². The summed E-state index contributed by atoms with van der Waals surface area (Å²) in [5, 5.41) is 3.43. The van der Waals surface area contributed by atoms with Crippen molar-refractivity contribution in [1.82, 2.24) is 5.32 Å². The number of fused-ring (bicyclic) bond motifs is 1. The molecule has 0 amide bonds.